The Labute approximate surface area is 152 Å². The van der Waals surface area contributed by atoms with Gasteiger partial charge in [-0.15, -0.1) is 0 Å². The Morgan fingerprint density at radius 2 is 1.92 bits per heavy atom. The van der Waals surface area contributed by atoms with E-state index >= 15 is 0 Å². The van der Waals surface area contributed by atoms with Gasteiger partial charge in [0, 0.05) is 25.0 Å². The fourth-order valence-corrected chi connectivity index (χ4v) is 3.96. The highest BCUT2D eigenvalue weighted by atomic mass is 16.7. The van der Waals surface area contributed by atoms with Crippen molar-refractivity contribution in [3.05, 3.63) is 41.5 Å². The van der Waals surface area contributed by atoms with Gasteiger partial charge in [0.25, 0.3) is 0 Å². The number of methoxy groups -OCH3 is 2. The number of hydrogen-bond acceptors (Lipinski definition) is 5. The first kappa shape index (κ1) is 16.8. The van der Waals surface area contributed by atoms with Crippen molar-refractivity contribution < 1.29 is 29.0 Å². The molecule has 1 saturated heterocycles. The SMILES string of the molecule is COc1ccc([C@H]2CCC[NH+]2Cc2cc3c(cc2O)OCO3)c(OC)c1. The maximum absolute atomic E-state index is 10.4. The number of fused-ring (bicyclic) bond motifs is 1. The molecule has 1 unspecified atom stereocenters. The van der Waals surface area contributed by atoms with Gasteiger partial charge < -0.3 is 29.0 Å². The summed E-state index contributed by atoms with van der Waals surface area (Å²) in [5.41, 5.74) is 2.06. The van der Waals surface area contributed by atoms with Crippen LogP contribution in [0.2, 0.25) is 0 Å². The largest absolute Gasteiger partial charge is 0.507 e. The fourth-order valence-electron chi connectivity index (χ4n) is 3.96. The summed E-state index contributed by atoms with van der Waals surface area (Å²) in [5.74, 6) is 3.21. The van der Waals surface area contributed by atoms with E-state index in [9.17, 15) is 5.11 Å². The molecular formula is C20H24NO5+. The van der Waals surface area contributed by atoms with Gasteiger partial charge >= 0.3 is 0 Å². The van der Waals surface area contributed by atoms with Crippen LogP contribution < -0.4 is 23.8 Å². The average Bonchev–Trinajstić information content (AvgIpc) is 3.30. The molecular weight excluding hydrogens is 334 g/mol. The molecule has 0 spiro atoms. The summed E-state index contributed by atoms with van der Waals surface area (Å²) in [6, 6.07) is 9.87. The van der Waals surface area contributed by atoms with Crippen LogP contribution in [0.1, 0.15) is 30.0 Å². The highest BCUT2D eigenvalue weighted by molar-refractivity contribution is 5.51. The summed E-state index contributed by atoms with van der Waals surface area (Å²) in [4.78, 5) is 1.41. The fraction of sp³-hybridized carbons (Fsp3) is 0.400. The van der Waals surface area contributed by atoms with Gasteiger partial charge in [0.15, 0.2) is 11.5 Å². The lowest BCUT2D eigenvalue weighted by Gasteiger charge is -2.24. The third kappa shape index (κ3) is 3.01. The van der Waals surface area contributed by atoms with Crippen molar-refractivity contribution in [1.82, 2.24) is 0 Å². The Hall–Kier alpha value is -2.60. The van der Waals surface area contributed by atoms with Gasteiger partial charge in [0.05, 0.1) is 31.9 Å². The summed E-state index contributed by atoms with van der Waals surface area (Å²) in [7, 11) is 3.35. The summed E-state index contributed by atoms with van der Waals surface area (Å²) >= 11 is 0. The van der Waals surface area contributed by atoms with Crippen molar-refractivity contribution in [1.29, 1.82) is 0 Å². The Kier molecular flexibility index (Phi) is 4.51. The number of phenols is 1. The van der Waals surface area contributed by atoms with Gasteiger partial charge in [0.2, 0.25) is 6.79 Å². The molecule has 2 aromatic carbocycles. The second-order valence-corrected chi connectivity index (χ2v) is 6.72. The number of hydrogen-bond donors (Lipinski definition) is 2. The minimum atomic E-state index is 0.209. The predicted molar refractivity (Wildman–Crippen MR) is 95.3 cm³/mol. The number of quaternary nitrogens is 1. The first-order valence-corrected chi connectivity index (χ1v) is 8.87. The van der Waals surface area contributed by atoms with Crippen molar-refractivity contribution >= 4 is 0 Å². The van der Waals surface area contributed by atoms with E-state index in [-0.39, 0.29) is 12.5 Å². The number of nitrogens with one attached hydrogen (secondary N) is 1. The number of aromatic hydroxyl groups is 1. The number of benzene rings is 2. The number of rotatable bonds is 5. The molecule has 0 amide bonds. The first-order chi connectivity index (χ1) is 12.7. The van der Waals surface area contributed by atoms with Crippen LogP contribution in [0.25, 0.3) is 0 Å². The predicted octanol–water partition coefficient (Wildman–Crippen LogP) is 2.06. The zero-order valence-electron chi connectivity index (χ0n) is 15.1. The molecule has 2 heterocycles. The van der Waals surface area contributed by atoms with E-state index in [1.54, 1.807) is 20.3 Å². The van der Waals surface area contributed by atoms with E-state index in [1.165, 1.54) is 10.5 Å². The lowest BCUT2D eigenvalue weighted by molar-refractivity contribution is -0.932. The van der Waals surface area contributed by atoms with E-state index in [2.05, 4.69) is 6.07 Å². The van der Waals surface area contributed by atoms with Crippen LogP contribution in [-0.4, -0.2) is 32.7 Å². The summed E-state index contributed by atoms with van der Waals surface area (Å²) in [5, 5.41) is 10.4. The number of phenolic OH excluding ortho intramolecular Hbond substituents is 1. The molecule has 0 saturated carbocycles. The Morgan fingerprint density at radius 1 is 1.12 bits per heavy atom. The number of likely N-dealkylation sites (tertiary alicyclic amines) is 1. The van der Waals surface area contributed by atoms with E-state index in [0.717, 1.165) is 43.0 Å². The third-order valence-electron chi connectivity index (χ3n) is 5.29. The smallest absolute Gasteiger partial charge is 0.231 e. The molecule has 6 heteroatoms. The van der Waals surface area contributed by atoms with Crippen LogP contribution in [0.5, 0.6) is 28.7 Å². The molecule has 2 aliphatic rings. The Bertz CT molecular complexity index is 807. The van der Waals surface area contributed by atoms with E-state index in [4.69, 9.17) is 18.9 Å². The summed E-state index contributed by atoms with van der Waals surface area (Å²) in [6.07, 6.45) is 2.23. The molecule has 2 atom stereocenters. The van der Waals surface area contributed by atoms with Gasteiger partial charge in [-0.2, -0.15) is 0 Å². The molecule has 1 fully saturated rings. The van der Waals surface area contributed by atoms with Gasteiger partial charge in [0.1, 0.15) is 29.8 Å². The van der Waals surface area contributed by atoms with E-state index < -0.39 is 0 Å². The van der Waals surface area contributed by atoms with Crippen molar-refractivity contribution in [3.63, 3.8) is 0 Å². The van der Waals surface area contributed by atoms with E-state index in [0.29, 0.717) is 17.5 Å². The Balaban J connectivity index is 1.60. The highest BCUT2D eigenvalue weighted by Crippen LogP contribution is 2.38. The van der Waals surface area contributed by atoms with Crippen LogP contribution in [0.3, 0.4) is 0 Å². The standard InChI is InChI=1S/C20H23NO5/c1-23-14-5-6-15(18(9-14)24-2)16-4-3-7-21(16)11-13-8-19-20(10-17(13)22)26-12-25-19/h5-6,8-10,16,22H,3-4,7,11-12H2,1-2H3/p+1/t16-/m1/s1. The first-order valence-electron chi connectivity index (χ1n) is 8.87. The van der Waals surface area contributed by atoms with Gasteiger partial charge in [-0.1, -0.05) is 0 Å². The normalized spacial score (nSPS) is 21.0. The second kappa shape index (κ2) is 6.96. The lowest BCUT2D eigenvalue weighted by atomic mass is 10.0. The van der Waals surface area contributed by atoms with Crippen LogP contribution in [-0.2, 0) is 6.54 Å². The van der Waals surface area contributed by atoms with Crippen molar-refractivity contribution in [2.24, 2.45) is 0 Å². The molecule has 26 heavy (non-hydrogen) atoms. The molecule has 4 rings (SSSR count). The molecule has 2 aromatic rings. The highest BCUT2D eigenvalue weighted by Gasteiger charge is 2.33. The lowest BCUT2D eigenvalue weighted by Crippen LogP contribution is -3.08. The molecule has 0 bridgehead atoms. The second-order valence-electron chi connectivity index (χ2n) is 6.72. The van der Waals surface area contributed by atoms with Crippen LogP contribution in [0.15, 0.2) is 30.3 Å². The van der Waals surface area contributed by atoms with E-state index in [1.807, 2.05) is 18.2 Å². The quantitative estimate of drug-likeness (QED) is 0.857. The summed E-state index contributed by atoms with van der Waals surface area (Å²) in [6.45, 7) is 1.98. The van der Waals surface area contributed by atoms with Gasteiger partial charge in [-0.25, -0.2) is 0 Å². The minimum absolute atomic E-state index is 0.209. The average molecular weight is 358 g/mol. The zero-order valence-corrected chi connectivity index (χ0v) is 15.1. The minimum Gasteiger partial charge on any atom is -0.507 e. The maximum Gasteiger partial charge on any atom is 0.231 e. The van der Waals surface area contributed by atoms with Crippen LogP contribution in [0.4, 0.5) is 0 Å². The van der Waals surface area contributed by atoms with Gasteiger partial charge in [-0.05, 0) is 18.2 Å². The maximum atomic E-state index is 10.4. The number of ether oxygens (including phenoxy) is 4. The summed E-state index contributed by atoms with van der Waals surface area (Å²) < 4.78 is 21.7. The van der Waals surface area contributed by atoms with Crippen LogP contribution >= 0.6 is 0 Å². The zero-order chi connectivity index (χ0) is 18.1. The third-order valence-corrected chi connectivity index (χ3v) is 5.29. The van der Waals surface area contributed by atoms with Crippen molar-refractivity contribution in [3.8, 4) is 28.7 Å². The molecule has 0 radical (unpaired) electrons. The Morgan fingerprint density at radius 3 is 2.69 bits per heavy atom. The van der Waals surface area contributed by atoms with Crippen molar-refractivity contribution in [2.45, 2.75) is 25.4 Å². The molecule has 2 N–H and O–H groups in total. The van der Waals surface area contributed by atoms with Crippen molar-refractivity contribution in [2.75, 3.05) is 27.6 Å². The topological polar surface area (TPSA) is 61.6 Å². The molecule has 138 valence electrons. The van der Waals surface area contributed by atoms with Crippen LogP contribution in [0, 0.1) is 0 Å². The molecule has 6 nitrogen and oxygen atoms in total. The molecule has 2 aliphatic heterocycles. The van der Waals surface area contributed by atoms with Gasteiger partial charge in [-0.3, -0.25) is 0 Å². The molecule has 0 aromatic heterocycles. The monoisotopic (exact) mass is 358 g/mol. The molecule has 0 aliphatic carbocycles.